The Bertz CT molecular complexity index is 690. The third-order valence-corrected chi connectivity index (χ3v) is 6.49. The number of rotatable bonds is 3. The van der Waals surface area contributed by atoms with Gasteiger partial charge in [0, 0.05) is 39.1 Å². The molecule has 7 heteroatoms. The standard InChI is InChI=1S/C16H23N3O3S/c1-13(20)17-16-7-4-9-18(12-16)23(21,22)19-10-8-14-5-2-3-6-15(14)11-19/h2-3,5-6,16H,4,7-12H2,1H3,(H,17,20)/t16-/m1/s1. The van der Waals surface area contributed by atoms with Crippen LogP contribution in [0.25, 0.3) is 0 Å². The van der Waals surface area contributed by atoms with Gasteiger partial charge in [-0.1, -0.05) is 24.3 Å². The maximum atomic E-state index is 12.9. The molecule has 1 aromatic carbocycles. The van der Waals surface area contributed by atoms with Gasteiger partial charge in [0.1, 0.15) is 0 Å². The first-order valence-electron chi connectivity index (χ1n) is 8.06. The molecule has 0 aliphatic carbocycles. The number of fused-ring (bicyclic) bond motifs is 1. The molecule has 1 aromatic rings. The number of benzene rings is 1. The first-order chi connectivity index (χ1) is 11.0. The minimum absolute atomic E-state index is 0.0897. The van der Waals surface area contributed by atoms with Gasteiger partial charge >= 0.3 is 0 Å². The summed E-state index contributed by atoms with van der Waals surface area (Å²) in [6.07, 6.45) is 2.35. The minimum Gasteiger partial charge on any atom is -0.352 e. The second-order valence-electron chi connectivity index (χ2n) is 6.26. The molecular weight excluding hydrogens is 314 g/mol. The number of hydrogen-bond donors (Lipinski definition) is 1. The highest BCUT2D eigenvalue weighted by atomic mass is 32.2. The van der Waals surface area contributed by atoms with Gasteiger partial charge in [0.25, 0.3) is 10.2 Å². The molecular formula is C16H23N3O3S. The average molecular weight is 337 g/mol. The number of carbonyl (C=O) groups is 1. The Hall–Kier alpha value is -1.44. The molecule has 23 heavy (non-hydrogen) atoms. The smallest absolute Gasteiger partial charge is 0.282 e. The lowest BCUT2D eigenvalue weighted by atomic mass is 10.0. The molecule has 2 aliphatic rings. The van der Waals surface area contributed by atoms with E-state index in [4.69, 9.17) is 0 Å². The van der Waals surface area contributed by atoms with Gasteiger partial charge in [-0.15, -0.1) is 0 Å². The zero-order chi connectivity index (χ0) is 16.4. The lowest BCUT2D eigenvalue weighted by Crippen LogP contribution is -2.53. The van der Waals surface area contributed by atoms with Crippen molar-refractivity contribution in [2.24, 2.45) is 0 Å². The monoisotopic (exact) mass is 337 g/mol. The third-order valence-electron chi connectivity index (χ3n) is 4.54. The van der Waals surface area contributed by atoms with Gasteiger partial charge in [-0.25, -0.2) is 0 Å². The van der Waals surface area contributed by atoms with E-state index in [1.54, 1.807) is 4.31 Å². The molecule has 3 rings (SSSR count). The highest BCUT2D eigenvalue weighted by Crippen LogP contribution is 2.24. The van der Waals surface area contributed by atoms with Crippen LogP contribution in [0.4, 0.5) is 0 Å². The summed E-state index contributed by atoms with van der Waals surface area (Å²) in [5.74, 6) is -0.110. The number of piperidine rings is 1. The molecule has 2 aliphatic heterocycles. The Balaban J connectivity index is 1.73. The number of amides is 1. The first kappa shape index (κ1) is 16.4. The van der Waals surface area contributed by atoms with Crippen LogP contribution < -0.4 is 5.32 Å². The Labute approximate surface area is 137 Å². The lowest BCUT2D eigenvalue weighted by Gasteiger charge is -2.37. The fraction of sp³-hybridized carbons (Fsp3) is 0.562. The van der Waals surface area contributed by atoms with E-state index >= 15 is 0 Å². The van der Waals surface area contributed by atoms with Crippen LogP contribution in [0, 0.1) is 0 Å². The van der Waals surface area contributed by atoms with Crippen LogP contribution in [0.15, 0.2) is 24.3 Å². The van der Waals surface area contributed by atoms with E-state index < -0.39 is 10.2 Å². The largest absolute Gasteiger partial charge is 0.352 e. The van der Waals surface area contributed by atoms with Gasteiger partial charge < -0.3 is 5.32 Å². The van der Waals surface area contributed by atoms with Crippen molar-refractivity contribution < 1.29 is 13.2 Å². The summed E-state index contributed by atoms with van der Waals surface area (Å²) in [6, 6.07) is 7.90. The van der Waals surface area contributed by atoms with Crippen molar-refractivity contribution >= 4 is 16.1 Å². The Morgan fingerprint density at radius 3 is 2.65 bits per heavy atom. The van der Waals surface area contributed by atoms with E-state index in [9.17, 15) is 13.2 Å². The van der Waals surface area contributed by atoms with Gasteiger partial charge in [0.15, 0.2) is 0 Å². The highest BCUT2D eigenvalue weighted by molar-refractivity contribution is 7.86. The molecule has 1 saturated heterocycles. The molecule has 0 radical (unpaired) electrons. The van der Waals surface area contributed by atoms with Crippen LogP contribution in [0.2, 0.25) is 0 Å². The highest BCUT2D eigenvalue weighted by Gasteiger charge is 2.35. The zero-order valence-electron chi connectivity index (χ0n) is 13.4. The molecule has 1 N–H and O–H groups in total. The van der Waals surface area contributed by atoms with E-state index in [1.807, 2.05) is 18.2 Å². The van der Waals surface area contributed by atoms with Gasteiger partial charge in [0.2, 0.25) is 5.91 Å². The van der Waals surface area contributed by atoms with Gasteiger partial charge in [-0.3, -0.25) is 4.79 Å². The van der Waals surface area contributed by atoms with Gasteiger partial charge in [0.05, 0.1) is 0 Å². The van der Waals surface area contributed by atoms with E-state index in [0.717, 1.165) is 24.8 Å². The van der Waals surface area contributed by atoms with Crippen molar-refractivity contribution in [3.05, 3.63) is 35.4 Å². The second kappa shape index (κ2) is 6.59. The van der Waals surface area contributed by atoms with Crippen molar-refractivity contribution in [1.29, 1.82) is 0 Å². The molecule has 0 bridgehead atoms. The van der Waals surface area contributed by atoms with Gasteiger partial charge in [-0.05, 0) is 30.4 Å². The van der Waals surface area contributed by atoms with Crippen molar-refractivity contribution in [1.82, 2.24) is 13.9 Å². The second-order valence-corrected chi connectivity index (χ2v) is 8.19. The Morgan fingerprint density at radius 1 is 1.17 bits per heavy atom. The van der Waals surface area contributed by atoms with Crippen LogP contribution in [0.3, 0.4) is 0 Å². The van der Waals surface area contributed by atoms with Crippen LogP contribution in [-0.2, 0) is 28.0 Å². The molecule has 0 saturated carbocycles. The van der Waals surface area contributed by atoms with Gasteiger partial charge in [-0.2, -0.15) is 17.0 Å². The van der Waals surface area contributed by atoms with E-state index in [1.165, 1.54) is 16.8 Å². The minimum atomic E-state index is -3.48. The van der Waals surface area contributed by atoms with Crippen LogP contribution >= 0.6 is 0 Å². The Kier molecular flexibility index (Phi) is 4.70. The summed E-state index contributed by atoms with van der Waals surface area (Å²) in [6.45, 7) is 3.30. The number of hydrogen-bond acceptors (Lipinski definition) is 3. The van der Waals surface area contributed by atoms with E-state index in [0.29, 0.717) is 26.2 Å². The molecule has 2 heterocycles. The Morgan fingerprint density at radius 2 is 1.91 bits per heavy atom. The summed E-state index contributed by atoms with van der Waals surface area (Å²) in [7, 11) is -3.48. The molecule has 1 atom stereocenters. The van der Waals surface area contributed by atoms with E-state index in [-0.39, 0.29) is 11.9 Å². The molecule has 1 fully saturated rings. The number of nitrogens with one attached hydrogen (secondary N) is 1. The summed E-state index contributed by atoms with van der Waals surface area (Å²) in [5, 5.41) is 2.84. The predicted molar refractivity (Wildman–Crippen MR) is 87.9 cm³/mol. The third kappa shape index (κ3) is 3.57. The summed E-state index contributed by atoms with van der Waals surface area (Å²) >= 11 is 0. The first-order valence-corrected chi connectivity index (χ1v) is 9.45. The predicted octanol–water partition coefficient (Wildman–Crippen LogP) is 0.890. The maximum Gasteiger partial charge on any atom is 0.282 e. The average Bonchev–Trinajstić information content (AvgIpc) is 2.54. The molecule has 0 spiro atoms. The van der Waals surface area contributed by atoms with Crippen molar-refractivity contribution in [2.75, 3.05) is 19.6 Å². The molecule has 0 unspecified atom stereocenters. The number of carbonyl (C=O) groups excluding carboxylic acids is 1. The fourth-order valence-electron chi connectivity index (χ4n) is 3.39. The van der Waals surface area contributed by atoms with Crippen molar-refractivity contribution in [3.63, 3.8) is 0 Å². The van der Waals surface area contributed by atoms with Crippen molar-refractivity contribution in [2.45, 2.75) is 38.8 Å². The molecule has 0 aromatic heterocycles. The molecule has 6 nitrogen and oxygen atoms in total. The molecule has 1 amide bonds. The normalized spacial score (nSPS) is 23.3. The quantitative estimate of drug-likeness (QED) is 0.890. The van der Waals surface area contributed by atoms with E-state index in [2.05, 4.69) is 11.4 Å². The van der Waals surface area contributed by atoms with Crippen LogP contribution in [-0.4, -0.2) is 48.6 Å². The maximum absolute atomic E-state index is 12.9. The van der Waals surface area contributed by atoms with Crippen LogP contribution in [0.1, 0.15) is 30.9 Å². The van der Waals surface area contributed by atoms with Crippen molar-refractivity contribution in [3.8, 4) is 0 Å². The summed E-state index contributed by atoms with van der Waals surface area (Å²) < 4.78 is 28.9. The fourth-order valence-corrected chi connectivity index (χ4v) is 5.07. The molecule has 126 valence electrons. The zero-order valence-corrected chi connectivity index (χ0v) is 14.2. The summed E-state index contributed by atoms with van der Waals surface area (Å²) in [4.78, 5) is 11.2. The van der Waals surface area contributed by atoms with Crippen LogP contribution in [0.5, 0.6) is 0 Å². The lowest BCUT2D eigenvalue weighted by molar-refractivity contribution is -0.119. The number of nitrogens with zero attached hydrogens (tertiary/aromatic N) is 2. The summed E-state index contributed by atoms with van der Waals surface area (Å²) in [5.41, 5.74) is 2.31. The SMILES string of the molecule is CC(=O)N[C@@H]1CCCN(S(=O)(=O)N2CCc3ccccc3C2)C1. The topological polar surface area (TPSA) is 69.7 Å².